The van der Waals surface area contributed by atoms with Crippen LogP contribution in [0.5, 0.6) is 5.75 Å². The normalized spacial score (nSPS) is 15.2. The van der Waals surface area contributed by atoms with Crippen molar-refractivity contribution in [1.29, 1.82) is 0 Å². The Morgan fingerprint density at radius 1 is 1.30 bits per heavy atom. The maximum absolute atomic E-state index is 11.4. The number of nitrogens with zero attached hydrogens (tertiary/aromatic N) is 1. The van der Waals surface area contributed by atoms with Crippen LogP contribution in [0.4, 0.5) is 4.79 Å². The van der Waals surface area contributed by atoms with Crippen LogP contribution in [0.2, 0.25) is 0 Å². The molecule has 2 N–H and O–H groups in total. The van der Waals surface area contributed by atoms with Gasteiger partial charge in [0.2, 0.25) is 0 Å². The molecule has 0 aliphatic carbocycles. The molecular weight excluding hydrogens is 262 g/mol. The van der Waals surface area contributed by atoms with Gasteiger partial charge in [0.25, 0.3) is 0 Å². The quantitative estimate of drug-likeness (QED) is 0.881. The van der Waals surface area contributed by atoms with Gasteiger partial charge in [-0.3, -0.25) is 0 Å². The molecule has 0 bridgehead atoms. The molecule has 0 fully saturated rings. The van der Waals surface area contributed by atoms with Crippen molar-refractivity contribution in [2.45, 2.75) is 6.42 Å². The average molecular weight is 277 g/mol. The lowest BCUT2D eigenvalue weighted by molar-refractivity contribution is -0.132. The van der Waals surface area contributed by atoms with Gasteiger partial charge >= 0.3 is 12.1 Å². The second-order valence-electron chi connectivity index (χ2n) is 4.45. The minimum absolute atomic E-state index is 0.1000. The number of aliphatic carboxylic acids is 1. The zero-order chi connectivity index (χ0) is 14.7. The molecule has 1 aromatic rings. The molecule has 0 unspecified atom stereocenters. The van der Waals surface area contributed by atoms with Gasteiger partial charge in [0.05, 0.1) is 19.2 Å². The first-order valence-electron chi connectivity index (χ1n) is 6.10. The van der Waals surface area contributed by atoms with Crippen LogP contribution in [-0.2, 0) is 4.79 Å². The van der Waals surface area contributed by atoms with E-state index >= 15 is 0 Å². The van der Waals surface area contributed by atoms with E-state index in [0.717, 1.165) is 10.5 Å². The molecule has 0 saturated carbocycles. The number of carboxylic acids is 1. The van der Waals surface area contributed by atoms with Gasteiger partial charge in [-0.15, -0.1) is 0 Å². The topological polar surface area (TPSA) is 87.1 Å². The highest BCUT2D eigenvalue weighted by atomic mass is 16.5. The summed E-state index contributed by atoms with van der Waals surface area (Å²) >= 11 is 0. The molecule has 0 aromatic heterocycles. The van der Waals surface area contributed by atoms with E-state index in [1.54, 1.807) is 31.4 Å². The Morgan fingerprint density at radius 3 is 2.65 bits per heavy atom. The van der Waals surface area contributed by atoms with Crippen LogP contribution in [0.3, 0.4) is 0 Å². The molecular formula is C14H15NO5. The molecule has 6 nitrogen and oxygen atoms in total. The maximum Gasteiger partial charge on any atom is 0.407 e. The summed E-state index contributed by atoms with van der Waals surface area (Å²) in [6.07, 6.45) is -0.727. The van der Waals surface area contributed by atoms with Gasteiger partial charge in [-0.25, -0.2) is 9.59 Å². The summed E-state index contributed by atoms with van der Waals surface area (Å²) in [6, 6.07) is 7.12. The van der Waals surface area contributed by atoms with E-state index < -0.39 is 12.1 Å². The molecule has 2 rings (SSSR count). The number of carboxylic acid groups (broad SMARTS) is 2. The SMILES string of the molecule is COc1cccc(C2=C(C(=O)O)CN(C(=O)O)CC2)c1. The molecule has 106 valence electrons. The molecule has 6 heteroatoms. The highest BCUT2D eigenvalue weighted by Gasteiger charge is 2.27. The van der Waals surface area contributed by atoms with Crippen LogP contribution in [0, 0.1) is 0 Å². The Hall–Kier alpha value is -2.50. The van der Waals surface area contributed by atoms with E-state index in [1.807, 2.05) is 0 Å². The smallest absolute Gasteiger partial charge is 0.407 e. The van der Waals surface area contributed by atoms with Crippen LogP contribution < -0.4 is 4.74 Å². The first kappa shape index (κ1) is 13.9. The summed E-state index contributed by atoms with van der Waals surface area (Å²) in [7, 11) is 1.54. The average Bonchev–Trinajstić information content (AvgIpc) is 2.46. The lowest BCUT2D eigenvalue weighted by Crippen LogP contribution is -2.37. The highest BCUT2D eigenvalue weighted by Crippen LogP contribution is 2.29. The molecule has 0 spiro atoms. The zero-order valence-electron chi connectivity index (χ0n) is 11.0. The van der Waals surface area contributed by atoms with E-state index in [1.165, 1.54) is 0 Å². The molecule has 1 heterocycles. The second kappa shape index (κ2) is 5.64. The minimum atomic E-state index is -1.10. The van der Waals surface area contributed by atoms with Gasteiger partial charge < -0.3 is 19.8 Å². The number of carbonyl (C=O) groups is 2. The standard InChI is InChI=1S/C14H15NO5/c1-20-10-4-2-3-9(7-10)11-5-6-15(14(18)19)8-12(11)13(16)17/h2-4,7H,5-6,8H2,1H3,(H,16,17)(H,18,19). The van der Waals surface area contributed by atoms with Crippen molar-refractivity contribution < 1.29 is 24.5 Å². The predicted molar refractivity (Wildman–Crippen MR) is 71.8 cm³/mol. The summed E-state index contributed by atoms with van der Waals surface area (Å²) in [6.45, 7) is 0.190. The van der Waals surface area contributed by atoms with E-state index in [-0.39, 0.29) is 12.1 Å². The fourth-order valence-electron chi connectivity index (χ4n) is 2.25. The third-order valence-electron chi connectivity index (χ3n) is 3.29. The highest BCUT2D eigenvalue weighted by molar-refractivity contribution is 5.98. The summed E-state index contributed by atoms with van der Waals surface area (Å²) in [4.78, 5) is 23.4. The predicted octanol–water partition coefficient (Wildman–Crippen LogP) is 1.92. The lowest BCUT2D eigenvalue weighted by Gasteiger charge is -2.27. The van der Waals surface area contributed by atoms with Crippen molar-refractivity contribution in [3.8, 4) is 5.75 Å². The van der Waals surface area contributed by atoms with Crippen LogP contribution in [0.1, 0.15) is 12.0 Å². The minimum Gasteiger partial charge on any atom is -0.497 e. The molecule has 0 saturated heterocycles. The third-order valence-corrected chi connectivity index (χ3v) is 3.29. The fourth-order valence-corrected chi connectivity index (χ4v) is 2.25. The molecule has 1 aliphatic rings. The van der Waals surface area contributed by atoms with Crippen LogP contribution in [0.15, 0.2) is 29.8 Å². The van der Waals surface area contributed by atoms with E-state index in [4.69, 9.17) is 9.84 Å². The number of hydrogen-bond acceptors (Lipinski definition) is 3. The third kappa shape index (κ3) is 2.74. The summed E-state index contributed by atoms with van der Waals surface area (Å²) in [5.74, 6) is -0.450. The van der Waals surface area contributed by atoms with E-state index in [9.17, 15) is 14.7 Å². The van der Waals surface area contributed by atoms with Crippen molar-refractivity contribution >= 4 is 17.6 Å². The molecule has 0 radical (unpaired) electrons. The van der Waals surface area contributed by atoms with E-state index in [0.29, 0.717) is 24.3 Å². The van der Waals surface area contributed by atoms with Crippen LogP contribution in [0.25, 0.3) is 5.57 Å². The Kier molecular flexibility index (Phi) is 3.93. The molecule has 0 atom stereocenters. The largest absolute Gasteiger partial charge is 0.497 e. The Bertz CT molecular complexity index is 579. The molecule has 1 aromatic carbocycles. The number of hydrogen-bond donors (Lipinski definition) is 2. The number of rotatable bonds is 3. The lowest BCUT2D eigenvalue weighted by atomic mass is 9.93. The van der Waals surface area contributed by atoms with Crippen LogP contribution >= 0.6 is 0 Å². The Labute approximate surface area is 115 Å². The van der Waals surface area contributed by atoms with E-state index in [2.05, 4.69) is 0 Å². The van der Waals surface area contributed by atoms with Gasteiger partial charge in [0.1, 0.15) is 5.75 Å². The number of methoxy groups -OCH3 is 1. The van der Waals surface area contributed by atoms with Crippen molar-refractivity contribution in [1.82, 2.24) is 4.90 Å². The first-order valence-corrected chi connectivity index (χ1v) is 6.10. The van der Waals surface area contributed by atoms with Gasteiger partial charge in [-0.05, 0) is 29.7 Å². The number of benzene rings is 1. The molecule has 1 aliphatic heterocycles. The van der Waals surface area contributed by atoms with Crippen molar-refractivity contribution in [3.63, 3.8) is 0 Å². The van der Waals surface area contributed by atoms with Crippen molar-refractivity contribution in [2.24, 2.45) is 0 Å². The first-order chi connectivity index (χ1) is 9.52. The second-order valence-corrected chi connectivity index (χ2v) is 4.45. The van der Waals surface area contributed by atoms with Gasteiger partial charge in [0, 0.05) is 6.54 Å². The summed E-state index contributed by atoms with van der Waals surface area (Å²) in [5.41, 5.74) is 1.53. The van der Waals surface area contributed by atoms with Crippen molar-refractivity contribution in [3.05, 3.63) is 35.4 Å². The zero-order valence-corrected chi connectivity index (χ0v) is 11.0. The summed E-state index contributed by atoms with van der Waals surface area (Å²) < 4.78 is 5.13. The van der Waals surface area contributed by atoms with Gasteiger partial charge in [-0.2, -0.15) is 0 Å². The van der Waals surface area contributed by atoms with Crippen LogP contribution in [-0.4, -0.2) is 47.4 Å². The van der Waals surface area contributed by atoms with Gasteiger partial charge in [0.15, 0.2) is 0 Å². The number of ether oxygens (including phenoxy) is 1. The van der Waals surface area contributed by atoms with Gasteiger partial charge in [-0.1, -0.05) is 12.1 Å². The fraction of sp³-hybridized carbons (Fsp3) is 0.286. The maximum atomic E-state index is 11.4. The molecule has 20 heavy (non-hydrogen) atoms. The molecule has 1 amide bonds. The Balaban J connectivity index is 2.42. The Morgan fingerprint density at radius 2 is 2.05 bits per heavy atom. The van der Waals surface area contributed by atoms with Crippen molar-refractivity contribution in [2.75, 3.05) is 20.2 Å². The number of amides is 1. The summed E-state index contributed by atoms with van der Waals surface area (Å²) in [5, 5.41) is 18.3. The monoisotopic (exact) mass is 277 g/mol.